The van der Waals surface area contributed by atoms with Crippen molar-refractivity contribution in [3.63, 3.8) is 0 Å². The Bertz CT molecular complexity index is 403. The highest BCUT2D eigenvalue weighted by Gasteiger charge is 2.47. The average Bonchev–Trinajstić information content (AvgIpc) is 2.57. The van der Waals surface area contributed by atoms with E-state index in [0.29, 0.717) is 13.1 Å². The Morgan fingerprint density at radius 1 is 1.69 bits per heavy atom. The van der Waals surface area contributed by atoms with Gasteiger partial charge < -0.3 is 10.0 Å². The second kappa shape index (κ2) is 4.04. The molecule has 5 nitrogen and oxygen atoms in total. The van der Waals surface area contributed by atoms with E-state index in [0.717, 1.165) is 4.47 Å². The normalized spacial score (nSPS) is 18.2. The van der Waals surface area contributed by atoms with Gasteiger partial charge in [0.1, 0.15) is 5.54 Å². The van der Waals surface area contributed by atoms with E-state index in [1.165, 1.54) is 4.90 Å². The minimum Gasteiger partial charge on any atom is -0.465 e. The lowest BCUT2D eigenvalue weighted by atomic mass is 9.87. The maximum Gasteiger partial charge on any atom is 0.407 e. The molecule has 0 unspecified atom stereocenters. The zero-order chi connectivity index (χ0) is 11.8. The summed E-state index contributed by atoms with van der Waals surface area (Å²) in [5, 5.41) is 12.9. The highest BCUT2D eigenvalue weighted by atomic mass is 79.9. The van der Waals surface area contributed by atoms with E-state index >= 15 is 0 Å². The summed E-state index contributed by atoms with van der Waals surface area (Å²) < 4.78 is 15.0. The molecule has 7 heteroatoms. The van der Waals surface area contributed by atoms with Crippen molar-refractivity contribution >= 4 is 22.0 Å². The quantitative estimate of drug-likeness (QED) is 0.922. The largest absolute Gasteiger partial charge is 0.465 e. The average molecular weight is 292 g/mol. The van der Waals surface area contributed by atoms with Crippen LogP contribution in [-0.2, 0) is 5.54 Å². The highest BCUT2D eigenvalue weighted by molar-refractivity contribution is 9.10. The molecule has 1 saturated heterocycles. The monoisotopic (exact) mass is 291 g/mol. The third kappa shape index (κ3) is 1.79. The molecule has 0 aromatic carbocycles. The van der Waals surface area contributed by atoms with Gasteiger partial charge in [-0.3, -0.25) is 9.07 Å². The van der Waals surface area contributed by atoms with Crippen LogP contribution in [0.3, 0.4) is 0 Å². The summed E-state index contributed by atoms with van der Waals surface area (Å²) in [6, 6.07) is 0. The summed E-state index contributed by atoms with van der Waals surface area (Å²) in [4.78, 5) is 12.0. The lowest BCUT2D eigenvalue weighted by Crippen LogP contribution is -2.64. The number of alkyl halides is 1. The molecule has 16 heavy (non-hydrogen) atoms. The molecule has 1 aromatic heterocycles. The van der Waals surface area contributed by atoms with Crippen molar-refractivity contribution in [1.82, 2.24) is 14.7 Å². The fourth-order valence-electron chi connectivity index (χ4n) is 1.95. The number of nitrogens with zero attached hydrogens (tertiary/aromatic N) is 3. The summed E-state index contributed by atoms with van der Waals surface area (Å²) in [6.07, 6.45) is 2.67. The van der Waals surface area contributed by atoms with Gasteiger partial charge in [-0.1, -0.05) is 0 Å². The highest BCUT2D eigenvalue weighted by Crippen LogP contribution is 2.33. The summed E-state index contributed by atoms with van der Waals surface area (Å²) >= 11 is 3.27. The molecule has 0 bridgehead atoms. The number of rotatable bonds is 3. The van der Waals surface area contributed by atoms with Gasteiger partial charge in [-0.25, -0.2) is 4.79 Å². The second-order valence-corrected chi connectivity index (χ2v) is 4.82. The van der Waals surface area contributed by atoms with Crippen LogP contribution in [0.1, 0.15) is 6.42 Å². The van der Waals surface area contributed by atoms with E-state index in [1.807, 2.05) is 0 Å². The zero-order valence-corrected chi connectivity index (χ0v) is 10.0. The van der Waals surface area contributed by atoms with Gasteiger partial charge in [0.05, 0.1) is 30.4 Å². The molecular formula is C9H11BrFN3O2. The van der Waals surface area contributed by atoms with Crippen molar-refractivity contribution in [1.29, 1.82) is 0 Å². The van der Waals surface area contributed by atoms with E-state index in [9.17, 15) is 9.18 Å². The van der Waals surface area contributed by atoms with Crippen LogP contribution in [-0.4, -0.2) is 45.6 Å². The predicted octanol–water partition coefficient (Wildman–Crippen LogP) is 1.69. The van der Waals surface area contributed by atoms with Crippen molar-refractivity contribution in [3.05, 3.63) is 16.9 Å². The fraction of sp³-hybridized carbons (Fsp3) is 0.556. The molecule has 1 aromatic rings. The molecule has 1 amide bonds. The number of hydrogen-bond donors (Lipinski definition) is 1. The number of likely N-dealkylation sites (tertiary alicyclic amines) is 1. The third-order valence-corrected chi connectivity index (χ3v) is 3.25. The first-order valence-corrected chi connectivity index (χ1v) is 5.61. The molecule has 0 radical (unpaired) electrons. The van der Waals surface area contributed by atoms with Crippen LogP contribution in [0.25, 0.3) is 0 Å². The summed E-state index contributed by atoms with van der Waals surface area (Å²) in [7, 11) is 0. The molecule has 1 fully saturated rings. The van der Waals surface area contributed by atoms with E-state index in [4.69, 9.17) is 5.11 Å². The smallest absolute Gasteiger partial charge is 0.407 e. The lowest BCUT2D eigenvalue weighted by Gasteiger charge is -2.48. The van der Waals surface area contributed by atoms with E-state index in [1.54, 1.807) is 17.1 Å². The molecule has 88 valence electrons. The van der Waals surface area contributed by atoms with E-state index in [2.05, 4.69) is 21.0 Å². The van der Waals surface area contributed by atoms with Gasteiger partial charge in [-0.05, 0) is 15.9 Å². The van der Waals surface area contributed by atoms with Crippen molar-refractivity contribution < 1.29 is 14.3 Å². The molecule has 0 spiro atoms. The molecule has 0 saturated carbocycles. The number of amides is 1. The fourth-order valence-corrected chi connectivity index (χ4v) is 2.24. The first-order valence-electron chi connectivity index (χ1n) is 4.82. The number of hydrogen-bond acceptors (Lipinski definition) is 2. The molecule has 2 heterocycles. The van der Waals surface area contributed by atoms with Crippen LogP contribution < -0.4 is 0 Å². The van der Waals surface area contributed by atoms with Crippen LogP contribution in [0, 0.1) is 0 Å². The third-order valence-electron chi connectivity index (χ3n) is 2.84. The van der Waals surface area contributed by atoms with Crippen LogP contribution in [0.2, 0.25) is 0 Å². The number of aromatic nitrogens is 2. The Morgan fingerprint density at radius 3 is 2.81 bits per heavy atom. The Labute approximate surface area is 100.0 Å². The lowest BCUT2D eigenvalue weighted by molar-refractivity contribution is 0.00128. The molecule has 0 atom stereocenters. The summed E-state index contributed by atoms with van der Waals surface area (Å²) in [5.41, 5.74) is -0.515. The Morgan fingerprint density at radius 2 is 2.38 bits per heavy atom. The SMILES string of the molecule is O=C(O)N1CC(CCF)(n2cc(Br)cn2)C1. The maximum atomic E-state index is 12.5. The topological polar surface area (TPSA) is 58.4 Å². The van der Waals surface area contributed by atoms with Gasteiger partial charge in [-0.15, -0.1) is 0 Å². The van der Waals surface area contributed by atoms with Crippen molar-refractivity contribution in [3.8, 4) is 0 Å². The number of carboxylic acid groups (broad SMARTS) is 1. The molecule has 2 rings (SSSR count). The van der Waals surface area contributed by atoms with Crippen molar-refractivity contribution in [2.24, 2.45) is 0 Å². The molecule has 1 N–H and O–H groups in total. The molecular weight excluding hydrogens is 281 g/mol. The Balaban J connectivity index is 2.16. The molecule has 1 aliphatic rings. The Kier molecular flexibility index (Phi) is 2.88. The number of carbonyl (C=O) groups is 1. The first-order chi connectivity index (χ1) is 7.57. The number of halogens is 2. The summed E-state index contributed by atoms with van der Waals surface area (Å²) in [6.45, 7) is 0.103. The zero-order valence-electron chi connectivity index (χ0n) is 8.44. The van der Waals surface area contributed by atoms with Crippen LogP contribution in [0.4, 0.5) is 9.18 Å². The summed E-state index contributed by atoms with van der Waals surface area (Å²) in [5.74, 6) is 0. The molecule has 0 aliphatic carbocycles. The van der Waals surface area contributed by atoms with Crippen LogP contribution in [0.15, 0.2) is 16.9 Å². The molecule has 1 aliphatic heterocycles. The van der Waals surface area contributed by atoms with Crippen LogP contribution in [0.5, 0.6) is 0 Å². The minimum absolute atomic E-state index is 0.283. The Hall–Kier alpha value is -1.11. The van der Waals surface area contributed by atoms with Crippen molar-refractivity contribution in [2.75, 3.05) is 19.8 Å². The predicted molar refractivity (Wildman–Crippen MR) is 58.1 cm³/mol. The van der Waals surface area contributed by atoms with Gasteiger partial charge in [0.25, 0.3) is 0 Å². The van der Waals surface area contributed by atoms with Gasteiger partial charge in [0, 0.05) is 12.6 Å². The second-order valence-electron chi connectivity index (χ2n) is 3.91. The standard InChI is InChI=1S/C9H11BrFN3O2/c10-7-3-12-14(4-7)9(1-2-11)5-13(6-9)8(15)16/h3-4H,1-2,5-6H2,(H,15,16). The van der Waals surface area contributed by atoms with Gasteiger partial charge in [-0.2, -0.15) is 5.10 Å². The van der Waals surface area contributed by atoms with Gasteiger partial charge in [0.2, 0.25) is 0 Å². The first kappa shape index (κ1) is 11.4. The van der Waals surface area contributed by atoms with E-state index in [-0.39, 0.29) is 6.42 Å². The van der Waals surface area contributed by atoms with Gasteiger partial charge >= 0.3 is 6.09 Å². The van der Waals surface area contributed by atoms with Crippen molar-refractivity contribution in [2.45, 2.75) is 12.0 Å². The minimum atomic E-state index is -0.972. The van der Waals surface area contributed by atoms with E-state index < -0.39 is 18.3 Å². The maximum absolute atomic E-state index is 12.5. The van der Waals surface area contributed by atoms with Crippen LogP contribution >= 0.6 is 15.9 Å². The van der Waals surface area contributed by atoms with Gasteiger partial charge in [0.15, 0.2) is 0 Å².